The molecular formula is C25H35NO4S. The molecule has 0 aliphatic rings. The molecule has 0 radical (unpaired) electrons. The predicted octanol–water partition coefficient (Wildman–Crippen LogP) is 4.92. The lowest BCUT2D eigenvalue weighted by atomic mass is 10.1. The first kappa shape index (κ1) is 25.3. The number of ether oxygens (including phenoxy) is 1. The first-order chi connectivity index (χ1) is 14.9. The minimum absolute atomic E-state index is 0.266. The molecule has 0 aliphatic carbocycles. The summed E-state index contributed by atoms with van der Waals surface area (Å²) >= 11 is 0. The molecule has 0 fully saturated rings. The summed E-state index contributed by atoms with van der Waals surface area (Å²) in [6.45, 7) is 4.66. The van der Waals surface area contributed by atoms with Crippen LogP contribution in [0.2, 0.25) is 0 Å². The third kappa shape index (κ3) is 9.35. The average Bonchev–Trinajstić information content (AvgIpc) is 2.76. The zero-order valence-electron chi connectivity index (χ0n) is 18.5. The molecule has 0 amide bonds. The van der Waals surface area contributed by atoms with E-state index in [9.17, 15) is 13.5 Å². The van der Waals surface area contributed by atoms with Crippen molar-refractivity contribution in [2.24, 2.45) is 0 Å². The summed E-state index contributed by atoms with van der Waals surface area (Å²) in [5.41, 5.74) is 1.83. The van der Waals surface area contributed by atoms with Crippen molar-refractivity contribution in [1.82, 2.24) is 4.72 Å². The van der Waals surface area contributed by atoms with Gasteiger partial charge in [-0.25, -0.2) is 13.1 Å². The van der Waals surface area contributed by atoms with Crippen molar-refractivity contribution in [2.45, 2.75) is 63.0 Å². The van der Waals surface area contributed by atoms with Crippen LogP contribution in [0.25, 0.3) is 0 Å². The fourth-order valence-corrected chi connectivity index (χ4v) is 4.48. The largest absolute Gasteiger partial charge is 0.384 e. The van der Waals surface area contributed by atoms with Crippen LogP contribution < -0.4 is 4.72 Å². The molecule has 0 heterocycles. The number of benzene rings is 2. The van der Waals surface area contributed by atoms with Crippen LogP contribution in [-0.2, 0) is 14.8 Å². The molecular weight excluding hydrogens is 410 g/mol. The number of hydrogen-bond donors (Lipinski definition) is 2. The first-order valence-electron chi connectivity index (χ1n) is 11.0. The molecule has 2 aromatic carbocycles. The summed E-state index contributed by atoms with van der Waals surface area (Å²) in [4.78, 5) is 0.266. The molecule has 0 saturated heterocycles. The van der Waals surface area contributed by atoms with Crippen LogP contribution in [0.3, 0.4) is 0 Å². The topological polar surface area (TPSA) is 75.6 Å². The van der Waals surface area contributed by atoms with Crippen molar-refractivity contribution in [3.63, 3.8) is 0 Å². The molecule has 2 rings (SSSR count). The van der Waals surface area contributed by atoms with E-state index in [1.807, 2.05) is 37.3 Å². The van der Waals surface area contributed by atoms with Gasteiger partial charge in [-0.05, 0) is 31.0 Å². The SMILES string of the molecule is CCCCCCC(COC/C=C/C(O)c1ccccc1)NS(=O)(=O)c1ccc(C)cc1. The van der Waals surface area contributed by atoms with E-state index in [0.29, 0.717) is 6.61 Å². The predicted molar refractivity (Wildman–Crippen MR) is 125 cm³/mol. The van der Waals surface area contributed by atoms with Crippen LogP contribution in [0.4, 0.5) is 0 Å². The Labute approximate surface area is 187 Å². The maximum Gasteiger partial charge on any atom is 0.240 e. The van der Waals surface area contributed by atoms with Crippen LogP contribution >= 0.6 is 0 Å². The highest BCUT2D eigenvalue weighted by Crippen LogP contribution is 2.14. The van der Waals surface area contributed by atoms with Gasteiger partial charge >= 0.3 is 0 Å². The third-order valence-electron chi connectivity index (χ3n) is 5.05. The molecule has 0 saturated carbocycles. The van der Waals surface area contributed by atoms with E-state index in [4.69, 9.17) is 4.74 Å². The Hall–Kier alpha value is -1.99. The Kier molecular flexibility index (Phi) is 10.9. The van der Waals surface area contributed by atoms with Gasteiger partial charge in [-0.15, -0.1) is 0 Å². The van der Waals surface area contributed by atoms with Gasteiger partial charge in [-0.2, -0.15) is 0 Å². The van der Waals surface area contributed by atoms with Gasteiger partial charge < -0.3 is 9.84 Å². The van der Waals surface area contributed by atoms with Crippen molar-refractivity contribution in [3.05, 3.63) is 77.9 Å². The molecule has 0 aliphatic heterocycles. The van der Waals surface area contributed by atoms with Crippen LogP contribution in [0, 0.1) is 6.92 Å². The number of sulfonamides is 1. The highest BCUT2D eigenvalue weighted by Gasteiger charge is 2.20. The standard InChI is InChI=1S/C25H35NO4S/c1-3-4-5-9-13-23(26-31(28,29)24-17-15-21(2)16-18-24)20-30-19-10-14-25(27)22-11-7-6-8-12-22/h6-8,10-12,14-18,23,25-27H,3-5,9,13,19-20H2,1-2H3/b14-10+. The van der Waals surface area contributed by atoms with Gasteiger partial charge in [-0.3, -0.25) is 0 Å². The summed E-state index contributed by atoms with van der Waals surface area (Å²) in [6.07, 6.45) is 7.77. The average molecular weight is 446 g/mol. The molecule has 31 heavy (non-hydrogen) atoms. The molecule has 2 atom stereocenters. The fourth-order valence-electron chi connectivity index (χ4n) is 3.22. The second-order valence-electron chi connectivity index (χ2n) is 7.80. The monoisotopic (exact) mass is 445 g/mol. The molecule has 0 spiro atoms. The van der Waals surface area contributed by atoms with Gasteiger partial charge in [0.1, 0.15) is 0 Å². The van der Waals surface area contributed by atoms with Gasteiger partial charge in [0.25, 0.3) is 0 Å². The van der Waals surface area contributed by atoms with E-state index >= 15 is 0 Å². The zero-order valence-corrected chi connectivity index (χ0v) is 19.4. The van der Waals surface area contributed by atoms with E-state index < -0.39 is 16.1 Å². The molecule has 170 valence electrons. The zero-order chi connectivity index (χ0) is 22.5. The Morgan fingerprint density at radius 1 is 1.03 bits per heavy atom. The van der Waals surface area contributed by atoms with E-state index in [0.717, 1.165) is 43.2 Å². The highest BCUT2D eigenvalue weighted by molar-refractivity contribution is 7.89. The summed E-state index contributed by atoms with van der Waals surface area (Å²) in [6, 6.07) is 15.9. The van der Waals surface area contributed by atoms with Crippen LogP contribution in [0.5, 0.6) is 0 Å². The molecule has 2 aromatic rings. The quantitative estimate of drug-likeness (QED) is 0.320. The number of nitrogens with one attached hydrogen (secondary N) is 1. The Balaban J connectivity index is 1.89. The van der Waals surface area contributed by atoms with Crippen LogP contribution in [-0.4, -0.2) is 32.8 Å². The van der Waals surface area contributed by atoms with E-state index in [-0.39, 0.29) is 17.5 Å². The van der Waals surface area contributed by atoms with Gasteiger partial charge in [0.2, 0.25) is 10.0 Å². The second kappa shape index (κ2) is 13.4. The number of unbranched alkanes of at least 4 members (excludes halogenated alkanes) is 3. The number of aliphatic hydroxyl groups excluding tert-OH is 1. The van der Waals surface area contributed by atoms with E-state index in [2.05, 4.69) is 11.6 Å². The van der Waals surface area contributed by atoms with Gasteiger partial charge in [-0.1, -0.05) is 92.8 Å². The lowest BCUT2D eigenvalue weighted by Crippen LogP contribution is -2.38. The van der Waals surface area contributed by atoms with Crippen molar-refractivity contribution in [2.75, 3.05) is 13.2 Å². The maximum atomic E-state index is 12.8. The number of rotatable bonds is 14. The van der Waals surface area contributed by atoms with E-state index in [1.54, 1.807) is 36.4 Å². The Morgan fingerprint density at radius 3 is 2.42 bits per heavy atom. The minimum Gasteiger partial charge on any atom is -0.384 e. The number of aliphatic hydroxyl groups is 1. The van der Waals surface area contributed by atoms with Crippen LogP contribution in [0.15, 0.2) is 71.6 Å². The highest BCUT2D eigenvalue weighted by atomic mass is 32.2. The molecule has 0 aromatic heterocycles. The lowest BCUT2D eigenvalue weighted by Gasteiger charge is -2.19. The van der Waals surface area contributed by atoms with Gasteiger partial charge in [0, 0.05) is 6.04 Å². The molecule has 6 heteroatoms. The Bertz CT molecular complexity index is 879. The fraction of sp³-hybridized carbons (Fsp3) is 0.440. The minimum atomic E-state index is -3.60. The van der Waals surface area contributed by atoms with Gasteiger partial charge in [0.15, 0.2) is 0 Å². The summed E-state index contributed by atoms with van der Waals surface area (Å²) in [7, 11) is -3.60. The van der Waals surface area contributed by atoms with E-state index in [1.165, 1.54) is 0 Å². The lowest BCUT2D eigenvalue weighted by molar-refractivity contribution is 0.137. The molecule has 2 N–H and O–H groups in total. The molecule has 5 nitrogen and oxygen atoms in total. The third-order valence-corrected chi connectivity index (χ3v) is 6.59. The van der Waals surface area contributed by atoms with Crippen LogP contribution in [0.1, 0.15) is 56.3 Å². The number of aryl methyl sites for hydroxylation is 1. The van der Waals surface area contributed by atoms with Crippen molar-refractivity contribution < 1.29 is 18.3 Å². The molecule has 2 unspecified atom stereocenters. The molecule has 0 bridgehead atoms. The summed E-state index contributed by atoms with van der Waals surface area (Å²) in [5, 5.41) is 10.2. The Morgan fingerprint density at radius 2 is 1.74 bits per heavy atom. The summed E-state index contributed by atoms with van der Waals surface area (Å²) < 4.78 is 34.0. The first-order valence-corrected chi connectivity index (χ1v) is 12.5. The maximum absolute atomic E-state index is 12.8. The summed E-state index contributed by atoms with van der Waals surface area (Å²) in [5.74, 6) is 0. The van der Waals surface area contributed by atoms with Crippen molar-refractivity contribution >= 4 is 10.0 Å². The van der Waals surface area contributed by atoms with Gasteiger partial charge in [0.05, 0.1) is 24.2 Å². The van der Waals surface area contributed by atoms with Crippen molar-refractivity contribution in [1.29, 1.82) is 0 Å². The smallest absolute Gasteiger partial charge is 0.240 e. The van der Waals surface area contributed by atoms with Crippen molar-refractivity contribution in [3.8, 4) is 0 Å². The second-order valence-corrected chi connectivity index (χ2v) is 9.52. The number of hydrogen-bond acceptors (Lipinski definition) is 4. The normalized spacial score (nSPS) is 14.0.